The van der Waals surface area contributed by atoms with E-state index in [0.29, 0.717) is 22.9 Å². The number of nitrogens with one attached hydrogen (secondary N) is 1. The number of aliphatic hydroxyl groups is 2. The molecular weight excluding hydrogens is 414 g/mol. The Balaban J connectivity index is 1.53. The van der Waals surface area contributed by atoms with Gasteiger partial charge >= 0.3 is 0 Å². The van der Waals surface area contributed by atoms with E-state index < -0.39 is 24.5 Å². The molecule has 2 saturated heterocycles. The molecule has 2 aliphatic heterocycles. The number of likely N-dealkylation sites (tertiary alicyclic amines) is 1. The van der Waals surface area contributed by atoms with E-state index in [0.717, 1.165) is 25.8 Å². The van der Waals surface area contributed by atoms with Crippen molar-refractivity contribution in [2.24, 2.45) is 5.92 Å². The predicted molar refractivity (Wildman–Crippen MR) is 118 cm³/mol. The minimum atomic E-state index is -1.08. The summed E-state index contributed by atoms with van der Waals surface area (Å²) in [5.74, 6) is 0.996. The lowest BCUT2D eigenvalue weighted by Crippen LogP contribution is -2.53. The Morgan fingerprint density at radius 3 is 2.81 bits per heavy atom. The molecule has 2 aromatic rings. The molecule has 0 radical (unpaired) electrons. The third-order valence-corrected chi connectivity index (χ3v) is 6.54. The van der Waals surface area contributed by atoms with E-state index in [-0.39, 0.29) is 18.6 Å². The second-order valence-corrected chi connectivity index (χ2v) is 9.03. The molecule has 176 valence electrons. The van der Waals surface area contributed by atoms with Gasteiger partial charge in [-0.15, -0.1) is 0 Å². The van der Waals surface area contributed by atoms with Crippen molar-refractivity contribution in [1.29, 1.82) is 0 Å². The Kier molecular flexibility index (Phi) is 6.61. The third kappa shape index (κ3) is 4.05. The lowest BCUT2D eigenvalue weighted by molar-refractivity contribution is -0.126. The topological polar surface area (TPSA) is 129 Å². The molecule has 0 aliphatic carbocycles. The minimum Gasteiger partial charge on any atom is -0.394 e. The zero-order valence-corrected chi connectivity index (χ0v) is 19.0. The number of imidazole rings is 1. The Hall–Kier alpha value is -2.34. The standard InChI is InChI=1S/C21H33N7O4/c1-5-6-12-7-13(27(4)8-12)20(31)25-15-14(9-29)32-21(17(15)30)28-11-24-16-18(26(2)3)22-10-23-19(16)28/h10-15,17,21,29-30H,5-9H2,1-4H3,(H,25,31)/t12-,13+,14-,15-,17-,21-/m1/s1. The minimum absolute atomic E-state index is 0.148. The average molecular weight is 448 g/mol. The number of hydrogen-bond donors (Lipinski definition) is 3. The lowest BCUT2D eigenvalue weighted by atomic mass is 9.99. The fourth-order valence-corrected chi connectivity index (χ4v) is 4.95. The van der Waals surface area contributed by atoms with Crippen LogP contribution in [0.4, 0.5) is 5.82 Å². The Labute approximate surface area is 187 Å². The summed E-state index contributed by atoms with van der Waals surface area (Å²) < 4.78 is 7.59. The first-order chi connectivity index (χ1) is 15.3. The number of aliphatic hydroxyl groups excluding tert-OH is 2. The summed E-state index contributed by atoms with van der Waals surface area (Å²) in [5, 5.41) is 23.9. The maximum atomic E-state index is 13.0. The van der Waals surface area contributed by atoms with Gasteiger partial charge in [-0.2, -0.15) is 0 Å². The first-order valence-corrected chi connectivity index (χ1v) is 11.2. The lowest BCUT2D eigenvalue weighted by Gasteiger charge is -2.25. The number of rotatable bonds is 7. The van der Waals surface area contributed by atoms with Crippen LogP contribution in [-0.4, -0.2) is 99.1 Å². The molecule has 0 bridgehead atoms. The molecule has 6 atom stereocenters. The van der Waals surface area contributed by atoms with Gasteiger partial charge in [0.05, 0.1) is 25.0 Å². The number of ether oxygens (including phenoxy) is 1. The molecular formula is C21H33N7O4. The molecule has 0 aromatic carbocycles. The highest BCUT2D eigenvalue weighted by Crippen LogP contribution is 2.33. The fraction of sp³-hybridized carbons (Fsp3) is 0.714. The van der Waals surface area contributed by atoms with Gasteiger partial charge in [0.25, 0.3) is 0 Å². The van der Waals surface area contributed by atoms with Crippen molar-refractivity contribution in [2.45, 2.75) is 56.7 Å². The van der Waals surface area contributed by atoms with E-state index in [1.807, 2.05) is 26.0 Å². The average Bonchev–Trinajstić information content (AvgIpc) is 3.44. The summed E-state index contributed by atoms with van der Waals surface area (Å²) in [6.45, 7) is 2.70. The zero-order chi connectivity index (χ0) is 23.0. The van der Waals surface area contributed by atoms with E-state index >= 15 is 0 Å². The molecule has 2 aliphatic rings. The van der Waals surface area contributed by atoms with Gasteiger partial charge in [-0.05, 0) is 25.8 Å². The van der Waals surface area contributed by atoms with E-state index in [4.69, 9.17) is 4.74 Å². The van der Waals surface area contributed by atoms with Crippen LogP contribution in [0.25, 0.3) is 11.2 Å². The molecule has 3 N–H and O–H groups in total. The summed E-state index contributed by atoms with van der Waals surface area (Å²) in [6.07, 6.45) is 3.28. The van der Waals surface area contributed by atoms with Gasteiger partial charge in [-0.3, -0.25) is 14.3 Å². The van der Waals surface area contributed by atoms with Crippen molar-refractivity contribution >= 4 is 22.9 Å². The first kappa shape index (κ1) is 22.8. The molecule has 0 saturated carbocycles. The molecule has 4 heterocycles. The van der Waals surface area contributed by atoms with Crippen LogP contribution in [0.3, 0.4) is 0 Å². The van der Waals surface area contributed by atoms with Gasteiger partial charge < -0.3 is 25.2 Å². The van der Waals surface area contributed by atoms with Crippen LogP contribution in [-0.2, 0) is 9.53 Å². The summed E-state index contributed by atoms with van der Waals surface area (Å²) in [6, 6.07) is -0.995. The number of aromatic nitrogens is 4. The maximum absolute atomic E-state index is 13.0. The zero-order valence-electron chi connectivity index (χ0n) is 19.0. The highest BCUT2D eigenvalue weighted by atomic mass is 16.5. The number of hydrogen-bond acceptors (Lipinski definition) is 9. The molecule has 1 amide bonds. The summed E-state index contributed by atoms with van der Waals surface area (Å²) in [5.41, 5.74) is 1.09. The number of likely N-dealkylation sites (N-methyl/N-ethyl adjacent to an activating group) is 1. The van der Waals surface area contributed by atoms with Crippen molar-refractivity contribution in [2.75, 3.05) is 39.2 Å². The molecule has 4 rings (SSSR count). The maximum Gasteiger partial charge on any atom is 0.237 e. The number of amides is 1. The summed E-state index contributed by atoms with van der Waals surface area (Å²) in [7, 11) is 5.67. The molecule has 2 aromatic heterocycles. The first-order valence-electron chi connectivity index (χ1n) is 11.2. The van der Waals surface area contributed by atoms with Crippen LogP contribution in [0.15, 0.2) is 12.7 Å². The van der Waals surface area contributed by atoms with E-state index in [2.05, 4.69) is 32.1 Å². The van der Waals surface area contributed by atoms with Crippen molar-refractivity contribution < 1.29 is 19.7 Å². The van der Waals surface area contributed by atoms with Crippen LogP contribution in [0.5, 0.6) is 0 Å². The normalized spacial score (nSPS) is 30.8. The van der Waals surface area contributed by atoms with Crippen LogP contribution in [0, 0.1) is 5.92 Å². The van der Waals surface area contributed by atoms with E-state index in [1.54, 1.807) is 10.9 Å². The van der Waals surface area contributed by atoms with Crippen LogP contribution >= 0.6 is 0 Å². The molecule has 0 spiro atoms. The Morgan fingerprint density at radius 2 is 2.12 bits per heavy atom. The summed E-state index contributed by atoms with van der Waals surface area (Å²) >= 11 is 0. The summed E-state index contributed by atoms with van der Waals surface area (Å²) in [4.78, 5) is 29.9. The van der Waals surface area contributed by atoms with Crippen molar-refractivity contribution in [1.82, 2.24) is 29.7 Å². The predicted octanol–water partition coefficient (Wildman–Crippen LogP) is -0.252. The largest absolute Gasteiger partial charge is 0.394 e. The second kappa shape index (κ2) is 9.26. The second-order valence-electron chi connectivity index (χ2n) is 9.03. The Morgan fingerprint density at radius 1 is 1.34 bits per heavy atom. The van der Waals surface area contributed by atoms with E-state index in [9.17, 15) is 15.0 Å². The number of fused-ring (bicyclic) bond motifs is 1. The fourth-order valence-electron chi connectivity index (χ4n) is 4.95. The SMILES string of the molecule is CCC[C@@H]1C[C@@H](C(=O)N[C@H]2[C@@H](O)[C@H](n3cnc4c(N(C)C)ncnc43)O[C@@H]2CO)N(C)C1. The molecule has 11 nitrogen and oxygen atoms in total. The number of nitrogens with zero attached hydrogens (tertiary/aromatic N) is 6. The van der Waals surface area contributed by atoms with Crippen molar-refractivity contribution in [3.8, 4) is 0 Å². The Bertz CT molecular complexity index is 951. The van der Waals surface area contributed by atoms with Gasteiger partial charge in [0, 0.05) is 20.6 Å². The van der Waals surface area contributed by atoms with Crippen molar-refractivity contribution in [3.63, 3.8) is 0 Å². The molecule has 11 heteroatoms. The highest BCUT2D eigenvalue weighted by Gasteiger charge is 2.47. The number of carbonyl (C=O) groups is 1. The number of carbonyl (C=O) groups excluding carboxylic acids is 1. The third-order valence-electron chi connectivity index (χ3n) is 6.54. The van der Waals surface area contributed by atoms with Gasteiger partial charge in [-0.25, -0.2) is 15.0 Å². The molecule has 32 heavy (non-hydrogen) atoms. The quantitative estimate of drug-likeness (QED) is 0.526. The van der Waals surface area contributed by atoms with Crippen LogP contribution in [0.1, 0.15) is 32.4 Å². The number of anilines is 1. The van der Waals surface area contributed by atoms with Gasteiger partial charge in [0.2, 0.25) is 5.91 Å². The smallest absolute Gasteiger partial charge is 0.237 e. The van der Waals surface area contributed by atoms with E-state index in [1.165, 1.54) is 6.33 Å². The van der Waals surface area contributed by atoms with Gasteiger partial charge in [0.1, 0.15) is 18.5 Å². The highest BCUT2D eigenvalue weighted by molar-refractivity contribution is 5.83. The van der Waals surface area contributed by atoms with Gasteiger partial charge in [0.15, 0.2) is 23.2 Å². The van der Waals surface area contributed by atoms with Crippen molar-refractivity contribution in [3.05, 3.63) is 12.7 Å². The van der Waals surface area contributed by atoms with Gasteiger partial charge in [-0.1, -0.05) is 13.3 Å². The van der Waals surface area contributed by atoms with Crippen LogP contribution < -0.4 is 10.2 Å². The molecule has 2 fully saturated rings. The monoisotopic (exact) mass is 447 g/mol. The van der Waals surface area contributed by atoms with Crippen LogP contribution in [0.2, 0.25) is 0 Å². The molecule has 0 unspecified atom stereocenters.